The maximum Gasteiger partial charge on any atom is 0.0800 e. The van der Waals surface area contributed by atoms with E-state index in [0.29, 0.717) is 0 Å². The number of aliphatic imine (C=N–C) groups is 2. The van der Waals surface area contributed by atoms with Crippen LogP contribution in [0.2, 0.25) is 0 Å². The highest BCUT2D eigenvalue weighted by atomic mass is 15.0. The van der Waals surface area contributed by atoms with Gasteiger partial charge in [0.2, 0.25) is 0 Å². The van der Waals surface area contributed by atoms with E-state index >= 15 is 0 Å². The van der Waals surface area contributed by atoms with Gasteiger partial charge in [0, 0.05) is 35.4 Å². The SMILES string of the molecule is CC(C)(N=C1CC=Cc2ccccc21)C(C)(C)N=C1CC=Cc2ccccc21. The summed E-state index contributed by atoms with van der Waals surface area (Å²) in [6, 6.07) is 17.0. The zero-order valence-electron chi connectivity index (χ0n) is 17.2. The van der Waals surface area contributed by atoms with Gasteiger partial charge < -0.3 is 0 Å². The molecule has 0 fully saturated rings. The molecule has 2 nitrogen and oxygen atoms in total. The molecule has 28 heavy (non-hydrogen) atoms. The smallest absolute Gasteiger partial charge is 0.0800 e. The molecule has 0 amide bonds. The molecule has 0 spiro atoms. The highest BCUT2D eigenvalue weighted by Gasteiger charge is 2.38. The maximum absolute atomic E-state index is 5.24. The van der Waals surface area contributed by atoms with Crippen molar-refractivity contribution in [1.82, 2.24) is 0 Å². The Kier molecular flexibility index (Phi) is 4.66. The third kappa shape index (κ3) is 3.40. The summed E-state index contributed by atoms with van der Waals surface area (Å²) in [5.74, 6) is 0. The second kappa shape index (κ2) is 7.01. The molecule has 0 heterocycles. The van der Waals surface area contributed by atoms with Gasteiger partial charge in [0.1, 0.15) is 0 Å². The summed E-state index contributed by atoms with van der Waals surface area (Å²) in [5, 5.41) is 0. The number of nitrogens with zero attached hydrogens (tertiary/aromatic N) is 2. The molecule has 0 radical (unpaired) electrons. The van der Waals surface area contributed by atoms with E-state index in [2.05, 4.69) is 101 Å². The van der Waals surface area contributed by atoms with E-state index in [-0.39, 0.29) is 11.1 Å². The van der Waals surface area contributed by atoms with Crippen molar-refractivity contribution in [3.05, 3.63) is 82.9 Å². The van der Waals surface area contributed by atoms with Gasteiger partial charge in [-0.1, -0.05) is 72.8 Å². The number of rotatable bonds is 3. The van der Waals surface area contributed by atoms with Gasteiger partial charge in [-0.25, -0.2) is 0 Å². The van der Waals surface area contributed by atoms with E-state index < -0.39 is 0 Å². The van der Waals surface area contributed by atoms with Gasteiger partial charge in [-0.3, -0.25) is 9.98 Å². The van der Waals surface area contributed by atoms with E-state index in [0.717, 1.165) is 24.3 Å². The monoisotopic (exact) mass is 368 g/mol. The largest absolute Gasteiger partial charge is 0.280 e. The van der Waals surface area contributed by atoms with E-state index in [4.69, 9.17) is 9.98 Å². The van der Waals surface area contributed by atoms with Crippen LogP contribution in [0.3, 0.4) is 0 Å². The Morgan fingerprint density at radius 2 is 1.00 bits per heavy atom. The molecular weight excluding hydrogens is 340 g/mol. The van der Waals surface area contributed by atoms with E-state index in [1.165, 1.54) is 22.3 Å². The third-order valence-electron chi connectivity index (χ3n) is 6.09. The van der Waals surface area contributed by atoms with Crippen molar-refractivity contribution in [2.24, 2.45) is 9.98 Å². The van der Waals surface area contributed by atoms with Crippen molar-refractivity contribution in [3.63, 3.8) is 0 Å². The molecule has 0 atom stereocenters. The Hall–Kier alpha value is -2.74. The van der Waals surface area contributed by atoms with Crippen LogP contribution in [0.4, 0.5) is 0 Å². The van der Waals surface area contributed by atoms with Gasteiger partial charge in [0.15, 0.2) is 0 Å². The Morgan fingerprint density at radius 3 is 1.43 bits per heavy atom. The molecule has 142 valence electrons. The molecule has 2 aromatic rings. The normalized spacial score (nSPS) is 19.0. The molecule has 2 aliphatic carbocycles. The van der Waals surface area contributed by atoms with Gasteiger partial charge >= 0.3 is 0 Å². The van der Waals surface area contributed by atoms with Gasteiger partial charge in [-0.2, -0.15) is 0 Å². The summed E-state index contributed by atoms with van der Waals surface area (Å²) >= 11 is 0. The summed E-state index contributed by atoms with van der Waals surface area (Å²) in [5.41, 5.74) is 6.63. The number of benzene rings is 2. The summed E-state index contributed by atoms with van der Waals surface area (Å²) in [4.78, 5) is 10.5. The van der Waals surface area contributed by atoms with Gasteiger partial charge in [0.25, 0.3) is 0 Å². The lowest BCUT2D eigenvalue weighted by atomic mass is 9.82. The van der Waals surface area contributed by atoms with Crippen LogP contribution in [0.1, 0.15) is 62.8 Å². The average molecular weight is 369 g/mol. The first kappa shape index (κ1) is 18.6. The van der Waals surface area contributed by atoms with Crippen LogP contribution in [0.5, 0.6) is 0 Å². The first-order valence-corrected chi connectivity index (χ1v) is 10.1. The fourth-order valence-electron chi connectivity index (χ4n) is 3.79. The summed E-state index contributed by atoms with van der Waals surface area (Å²) < 4.78 is 0. The molecule has 0 bridgehead atoms. The van der Waals surface area contributed by atoms with Crippen LogP contribution in [-0.4, -0.2) is 22.5 Å². The summed E-state index contributed by atoms with van der Waals surface area (Å²) in [6.45, 7) is 8.82. The van der Waals surface area contributed by atoms with E-state index in [1.807, 2.05) is 0 Å². The van der Waals surface area contributed by atoms with Crippen LogP contribution < -0.4 is 0 Å². The van der Waals surface area contributed by atoms with Crippen molar-refractivity contribution in [2.75, 3.05) is 0 Å². The Balaban J connectivity index is 1.71. The molecule has 0 unspecified atom stereocenters. The van der Waals surface area contributed by atoms with Gasteiger partial charge in [-0.05, 0) is 38.8 Å². The summed E-state index contributed by atoms with van der Waals surface area (Å²) in [6.07, 6.45) is 10.5. The molecule has 4 rings (SSSR count). The fourth-order valence-corrected chi connectivity index (χ4v) is 3.79. The Morgan fingerprint density at radius 1 is 0.607 bits per heavy atom. The molecule has 2 aromatic carbocycles. The topological polar surface area (TPSA) is 24.7 Å². The van der Waals surface area contributed by atoms with Crippen molar-refractivity contribution in [1.29, 1.82) is 0 Å². The molecular formula is C26H28N2. The Labute approximate surface area is 168 Å². The fraction of sp³-hybridized carbons (Fsp3) is 0.308. The first-order valence-electron chi connectivity index (χ1n) is 10.1. The predicted molar refractivity (Wildman–Crippen MR) is 121 cm³/mol. The minimum absolute atomic E-state index is 0.330. The molecule has 0 aliphatic heterocycles. The van der Waals surface area contributed by atoms with Crippen LogP contribution in [0, 0.1) is 0 Å². The van der Waals surface area contributed by atoms with Gasteiger partial charge in [-0.15, -0.1) is 0 Å². The Bertz CT molecular complexity index is 933. The second-order valence-corrected chi connectivity index (χ2v) is 8.62. The van der Waals surface area contributed by atoms with E-state index in [1.54, 1.807) is 0 Å². The number of fused-ring (bicyclic) bond motifs is 2. The van der Waals surface area contributed by atoms with Crippen molar-refractivity contribution < 1.29 is 0 Å². The van der Waals surface area contributed by atoms with Crippen LogP contribution in [0.25, 0.3) is 12.2 Å². The standard InChI is InChI=1S/C26H28N2/c1-25(2,27-23-17-9-13-19-11-5-7-15-21(19)23)26(3,4)28-24-18-10-14-20-12-6-8-16-22(20)24/h5-16H,17-18H2,1-4H3. The molecule has 0 saturated carbocycles. The molecule has 2 heteroatoms. The zero-order valence-corrected chi connectivity index (χ0v) is 17.2. The molecule has 0 N–H and O–H groups in total. The highest BCUT2D eigenvalue weighted by molar-refractivity contribution is 6.07. The number of hydrogen-bond acceptors (Lipinski definition) is 2. The molecule has 2 aliphatic rings. The van der Waals surface area contributed by atoms with E-state index in [9.17, 15) is 0 Å². The quantitative estimate of drug-likeness (QED) is 0.602. The zero-order chi connectivity index (χ0) is 19.8. The van der Waals surface area contributed by atoms with Crippen molar-refractivity contribution in [2.45, 2.75) is 51.6 Å². The maximum atomic E-state index is 5.24. The van der Waals surface area contributed by atoms with Crippen LogP contribution in [0.15, 0.2) is 70.7 Å². The molecule has 0 aromatic heterocycles. The van der Waals surface area contributed by atoms with Crippen LogP contribution >= 0.6 is 0 Å². The number of allylic oxidation sites excluding steroid dienone is 2. The predicted octanol–water partition coefficient (Wildman–Crippen LogP) is 6.36. The second-order valence-electron chi connectivity index (χ2n) is 8.62. The van der Waals surface area contributed by atoms with Crippen LogP contribution in [-0.2, 0) is 0 Å². The minimum Gasteiger partial charge on any atom is -0.280 e. The minimum atomic E-state index is -0.330. The molecule has 0 saturated heterocycles. The average Bonchev–Trinajstić information content (AvgIpc) is 2.68. The van der Waals surface area contributed by atoms with Gasteiger partial charge in [0.05, 0.1) is 11.1 Å². The highest BCUT2D eigenvalue weighted by Crippen LogP contribution is 2.33. The lowest BCUT2D eigenvalue weighted by Gasteiger charge is -2.37. The lowest BCUT2D eigenvalue weighted by Crippen LogP contribution is -2.44. The summed E-state index contributed by atoms with van der Waals surface area (Å²) in [7, 11) is 0. The third-order valence-corrected chi connectivity index (χ3v) is 6.09. The van der Waals surface area contributed by atoms with Crippen molar-refractivity contribution in [3.8, 4) is 0 Å². The first-order chi connectivity index (χ1) is 13.4. The lowest BCUT2D eigenvalue weighted by molar-refractivity contribution is 0.315. The van der Waals surface area contributed by atoms with Crippen molar-refractivity contribution >= 4 is 23.6 Å². The number of hydrogen-bond donors (Lipinski definition) is 0.